The minimum Gasteiger partial charge on any atom is -0.358 e. The fourth-order valence-electron chi connectivity index (χ4n) is 1.29. The van der Waals surface area contributed by atoms with Gasteiger partial charge in [-0.05, 0) is 24.6 Å². The van der Waals surface area contributed by atoms with Crippen molar-refractivity contribution in [2.45, 2.75) is 6.92 Å². The van der Waals surface area contributed by atoms with Crippen LogP contribution >= 0.6 is 0 Å². The first-order valence-electron chi connectivity index (χ1n) is 5.50. The third-order valence-corrected chi connectivity index (χ3v) is 2.25. The molecule has 3 N–H and O–H groups in total. The molecule has 98 valence electrons. The van der Waals surface area contributed by atoms with Gasteiger partial charge in [0.1, 0.15) is 5.82 Å². The molecule has 1 aromatic rings. The predicted octanol–water partition coefficient (Wildman–Crippen LogP) is 0.408. The summed E-state index contributed by atoms with van der Waals surface area (Å²) in [5, 5.41) is 7.47. The molecular formula is C12H16FN3O2. The smallest absolute Gasteiger partial charge is 0.238 e. The van der Waals surface area contributed by atoms with Gasteiger partial charge in [-0.1, -0.05) is 6.07 Å². The summed E-state index contributed by atoms with van der Waals surface area (Å²) in [6, 6.07) is 4.55. The van der Waals surface area contributed by atoms with E-state index < -0.39 is 11.7 Å². The third kappa shape index (κ3) is 4.50. The van der Waals surface area contributed by atoms with Gasteiger partial charge in [0.25, 0.3) is 0 Å². The Morgan fingerprint density at radius 3 is 2.50 bits per heavy atom. The van der Waals surface area contributed by atoms with E-state index in [0.29, 0.717) is 0 Å². The number of carbonyl (C=O) groups is 2. The molecule has 0 fully saturated rings. The van der Waals surface area contributed by atoms with Crippen LogP contribution in [0.1, 0.15) is 5.56 Å². The summed E-state index contributed by atoms with van der Waals surface area (Å²) in [6.07, 6.45) is 0. The largest absolute Gasteiger partial charge is 0.358 e. The van der Waals surface area contributed by atoms with Crippen LogP contribution in [-0.2, 0) is 9.59 Å². The highest BCUT2D eigenvalue weighted by atomic mass is 19.1. The van der Waals surface area contributed by atoms with Crippen LogP contribution in [0, 0.1) is 12.7 Å². The molecule has 0 aliphatic rings. The molecule has 2 amide bonds. The molecule has 0 atom stereocenters. The van der Waals surface area contributed by atoms with Crippen molar-refractivity contribution < 1.29 is 14.0 Å². The zero-order valence-corrected chi connectivity index (χ0v) is 10.3. The molecule has 6 heteroatoms. The number of halogens is 1. The second kappa shape index (κ2) is 6.70. The number of anilines is 1. The maximum Gasteiger partial charge on any atom is 0.238 e. The fourth-order valence-corrected chi connectivity index (χ4v) is 1.29. The SMILES string of the molecule is CNC(=O)CNCC(=O)Nc1ccc(C)cc1F. The molecule has 0 bridgehead atoms. The number of aryl methyl sites for hydroxylation is 1. The predicted molar refractivity (Wildman–Crippen MR) is 66.7 cm³/mol. The van der Waals surface area contributed by atoms with Crippen molar-refractivity contribution in [1.82, 2.24) is 10.6 Å². The van der Waals surface area contributed by atoms with E-state index in [-0.39, 0.29) is 24.7 Å². The minimum atomic E-state index is -0.477. The highest BCUT2D eigenvalue weighted by molar-refractivity contribution is 5.92. The van der Waals surface area contributed by atoms with E-state index in [1.807, 2.05) is 0 Å². The normalized spacial score (nSPS) is 9.94. The molecule has 0 saturated heterocycles. The lowest BCUT2D eigenvalue weighted by Gasteiger charge is -2.07. The van der Waals surface area contributed by atoms with Gasteiger partial charge >= 0.3 is 0 Å². The van der Waals surface area contributed by atoms with Crippen molar-refractivity contribution in [3.63, 3.8) is 0 Å². The average Bonchev–Trinajstić information content (AvgIpc) is 2.32. The van der Waals surface area contributed by atoms with Gasteiger partial charge in [-0.2, -0.15) is 0 Å². The zero-order valence-electron chi connectivity index (χ0n) is 10.3. The first-order chi connectivity index (χ1) is 8.52. The molecule has 0 aromatic heterocycles. The summed E-state index contributed by atoms with van der Waals surface area (Å²) >= 11 is 0. The van der Waals surface area contributed by atoms with Crippen LogP contribution in [0.5, 0.6) is 0 Å². The van der Waals surface area contributed by atoms with Crippen molar-refractivity contribution in [1.29, 1.82) is 0 Å². The quantitative estimate of drug-likeness (QED) is 0.711. The van der Waals surface area contributed by atoms with Crippen LogP contribution in [0.25, 0.3) is 0 Å². The van der Waals surface area contributed by atoms with Gasteiger partial charge in [-0.25, -0.2) is 4.39 Å². The standard InChI is InChI=1S/C12H16FN3O2/c1-8-3-4-10(9(13)5-8)16-12(18)7-15-6-11(17)14-2/h3-5,15H,6-7H2,1-2H3,(H,14,17)(H,16,18). The molecule has 0 aliphatic heterocycles. The van der Waals surface area contributed by atoms with E-state index in [4.69, 9.17) is 0 Å². The molecule has 1 rings (SSSR count). The molecule has 5 nitrogen and oxygen atoms in total. The van der Waals surface area contributed by atoms with Crippen LogP contribution in [0.2, 0.25) is 0 Å². The van der Waals surface area contributed by atoms with E-state index in [1.54, 1.807) is 13.0 Å². The Morgan fingerprint density at radius 1 is 1.22 bits per heavy atom. The Morgan fingerprint density at radius 2 is 1.89 bits per heavy atom. The Bertz CT molecular complexity index is 449. The summed E-state index contributed by atoms with van der Waals surface area (Å²) in [5.74, 6) is -1.10. The lowest BCUT2D eigenvalue weighted by atomic mass is 10.2. The van der Waals surface area contributed by atoms with Crippen LogP contribution in [0.4, 0.5) is 10.1 Å². The number of hydrogen-bond donors (Lipinski definition) is 3. The zero-order chi connectivity index (χ0) is 13.5. The number of nitrogens with one attached hydrogen (secondary N) is 3. The van der Waals surface area contributed by atoms with E-state index in [9.17, 15) is 14.0 Å². The Hall–Kier alpha value is -1.95. The van der Waals surface area contributed by atoms with Crippen LogP contribution in [0.3, 0.4) is 0 Å². The second-order valence-electron chi connectivity index (χ2n) is 3.81. The van der Waals surface area contributed by atoms with E-state index in [0.717, 1.165) is 5.56 Å². The van der Waals surface area contributed by atoms with E-state index in [1.165, 1.54) is 19.2 Å². The fraction of sp³-hybridized carbons (Fsp3) is 0.333. The molecule has 18 heavy (non-hydrogen) atoms. The summed E-state index contributed by atoms with van der Waals surface area (Å²) in [6.45, 7) is 1.75. The van der Waals surface area contributed by atoms with E-state index >= 15 is 0 Å². The molecule has 0 heterocycles. The van der Waals surface area contributed by atoms with Crippen molar-refractivity contribution in [3.8, 4) is 0 Å². The summed E-state index contributed by atoms with van der Waals surface area (Å²) in [7, 11) is 1.51. The van der Waals surface area contributed by atoms with Crippen molar-refractivity contribution >= 4 is 17.5 Å². The molecule has 1 aromatic carbocycles. The maximum atomic E-state index is 13.4. The monoisotopic (exact) mass is 253 g/mol. The maximum absolute atomic E-state index is 13.4. The molecule has 0 spiro atoms. The van der Waals surface area contributed by atoms with Crippen LogP contribution in [0.15, 0.2) is 18.2 Å². The Labute approximate surface area is 105 Å². The highest BCUT2D eigenvalue weighted by Crippen LogP contribution is 2.14. The number of amides is 2. The first kappa shape index (κ1) is 14.1. The summed E-state index contributed by atoms with van der Waals surface area (Å²) in [5.41, 5.74) is 0.913. The molecule has 0 radical (unpaired) electrons. The minimum absolute atomic E-state index is 0.0420. The highest BCUT2D eigenvalue weighted by Gasteiger charge is 2.07. The van der Waals surface area contributed by atoms with Gasteiger partial charge in [0.2, 0.25) is 11.8 Å². The lowest BCUT2D eigenvalue weighted by Crippen LogP contribution is -2.36. The number of carbonyl (C=O) groups excluding carboxylic acids is 2. The van der Waals surface area contributed by atoms with Gasteiger partial charge in [0.05, 0.1) is 18.8 Å². The number of benzene rings is 1. The van der Waals surface area contributed by atoms with Gasteiger partial charge in [-0.3, -0.25) is 14.9 Å². The number of likely N-dealkylation sites (N-methyl/N-ethyl adjacent to an activating group) is 1. The summed E-state index contributed by atoms with van der Waals surface area (Å²) in [4.78, 5) is 22.3. The summed E-state index contributed by atoms with van der Waals surface area (Å²) < 4.78 is 13.4. The molecular weight excluding hydrogens is 237 g/mol. The first-order valence-corrected chi connectivity index (χ1v) is 5.50. The average molecular weight is 253 g/mol. The Kier molecular flexibility index (Phi) is 5.26. The van der Waals surface area contributed by atoms with Crippen molar-refractivity contribution in [2.24, 2.45) is 0 Å². The van der Waals surface area contributed by atoms with E-state index in [2.05, 4.69) is 16.0 Å². The van der Waals surface area contributed by atoms with Crippen LogP contribution < -0.4 is 16.0 Å². The van der Waals surface area contributed by atoms with Crippen molar-refractivity contribution in [2.75, 3.05) is 25.5 Å². The Balaban J connectivity index is 2.42. The van der Waals surface area contributed by atoms with Crippen molar-refractivity contribution in [3.05, 3.63) is 29.6 Å². The second-order valence-corrected chi connectivity index (χ2v) is 3.81. The molecule has 0 aliphatic carbocycles. The number of rotatable bonds is 5. The lowest BCUT2D eigenvalue weighted by molar-refractivity contribution is -0.120. The van der Waals surface area contributed by atoms with Gasteiger partial charge < -0.3 is 10.6 Å². The third-order valence-electron chi connectivity index (χ3n) is 2.25. The topological polar surface area (TPSA) is 70.2 Å². The van der Waals surface area contributed by atoms with Crippen LogP contribution in [-0.4, -0.2) is 32.0 Å². The molecule has 0 unspecified atom stereocenters. The van der Waals surface area contributed by atoms with Gasteiger partial charge in [-0.15, -0.1) is 0 Å². The van der Waals surface area contributed by atoms with Gasteiger partial charge in [0.15, 0.2) is 0 Å². The number of hydrogen-bond acceptors (Lipinski definition) is 3. The molecule has 0 saturated carbocycles. The van der Waals surface area contributed by atoms with Gasteiger partial charge in [0, 0.05) is 7.05 Å².